The average Bonchev–Trinajstić information content (AvgIpc) is 3.32. The lowest BCUT2D eigenvalue weighted by atomic mass is 10.1. The number of thiophene rings is 1. The minimum atomic E-state index is -4.51. The fraction of sp³-hybridized carbons (Fsp3) is 0.0952. The Morgan fingerprint density at radius 1 is 1.03 bits per heavy atom. The zero-order chi connectivity index (χ0) is 23.1. The van der Waals surface area contributed by atoms with Crippen LogP contribution >= 0.6 is 22.9 Å². The third-order valence-electron chi connectivity index (χ3n) is 4.68. The van der Waals surface area contributed by atoms with Crippen molar-refractivity contribution in [2.75, 3.05) is 0 Å². The van der Waals surface area contributed by atoms with Crippen molar-refractivity contribution in [3.63, 3.8) is 0 Å². The second-order valence-corrected chi connectivity index (χ2v) is 10.5. The molecular weight excluding hydrogens is 485 g/mol. The number of hydrogen-bond donors (Lipinski definition) is 1. The highest BCUT2D eigenvalue weighted by Crippen LogP contribution is 2.30. The van der Waals surface area contributed by atoms with Gasteiger partial charge in [-0.25, -0.2) is 13.1 Å². The van der Waals surface area contributed by atoms with Crippen molar-refractivity contribution in [3.05, 3.63) is 87.9 Å². The van der Waals surface area contributed by atoms with Crippen molar-refractivity contribution in [1.82, 2.24) is 9.29 Å². The largest absolute Gasteiger partial charge is 0.416 e. The summed E-state index contributed by atoms with van der Waals surface area (Å²) in [6, 6.07) is 15.8. The number of halogens is 4. The molecule has 166 valence electrons. The maximum atomic E-state index is 13.1. The molecule has 0 aliphatic carbocycles. The second-order valence-electron chi connectivity index (χ2n) is 6.87. The Labute approximate surface area is 190 Å². The van der Waals surface area contributed by atoms with Gasteiger partial charge in [-0.05, 0) is 42.0 Å². The fourth-order valence-corrected chi connectivity index (χ4v) is 5.71. The molecule has 0 radical (unpaired) electrons. The molecule has 0 aliphatic rings. The van der Waals surface area contributed by atoms with Gasteiger partial charge >= 0.3 is 6.18 Å². The number of carbonyl (C=O) groups is 1. The Balaban J connectivity index is 1.73. The zero-order valence-corrected chi connectivity index (χ0v) is 18.4. The maximum Gasteiger partial charge on any atom is 0.416 e. The molecule has 11 heteroatoms. The molecule has 4 aromatic rings. The number of alkyl halides is 3. The summed E-state index contributed by atoms with van der Waals surface area (Å²) in [5.41, 5.74) is 0.0687. The van der Waals surface area contributed by atoms with Crippen LogP contribution in [0.5, 0.6) is 0 Å². The van der Waals surface area contributed by atoms with E-state index in [-0.39, 0.29) is 20.8 Å². The normalized spacial score (nSPS) is 12.2. The van der Waals surface area contributed by atoms with E-state index in [9.17, 15) is 26.4 Å². The standard InChI is InChI=1S/C21H14ClF3N2O3S2/c22-18-8-9-19(31-18)32(29,30)26-20(28)17-11-14-5-1-2-7-16(14)27(17)12-13-4-3-6-15(10-13)21(23,24)25/h1-11H,12H2,(H,26,28). The molecule has 4 rings (SSSR count). The molecule has 0 bridgehead atoms. The van der Waals surface area contributed by atoms with E-state index >= 15 is 0 Å². The first kappa shape index (κ1) is 22.4. The topological polar surface area (TPSA) is 68.2 Å². The summed E-state index contributed by atoms with van der Waals surface area (Å²) in [5, 5.41) is 0.640. The van der Waals surface area contributed by atoms with Crippen LogP contribution in [0.15, 0.2) is 70.9 Å². The SMILES string of the molecule is O=C(NS(=O)(=O)c1ccc(Cl)s1)c1cc2ccccc2n1Cc1cccc(C(F)(F)F)c1. The molecule has 1 N–H and O–H groups in total. The van der Waals surface area contributed by atoms with Gasteiger partial charge in [-0.2, -0.15) is 13.2 Å². The van der Waals surface area contributed by atoms with Crippen LogP contribution in [0.2, 0.25) is 4.34 Å². The van der Waals surface area contributed by atoms with Crippen molar-refractivity contribution in [3.8, 4) is 0 Å². The van der Waals surface area contributed by atoms with E-state index in [2.05, 4.69) is 0 Å². The summed E-state index contributed by atoms with van der Waals surface area (Å²) in [7, 11) is -4.17. The van der Waals surface area contributed by atoms with Crippen LogP contribution in [0, 0.1) is 0 Å². The first-order valence-electron chi connectivity index (χ1n) is 9.11. The lowest BCUT2D eigenvalue weighted by Gasteiger charge is -2.13. The molecular formula is C21H14ClF3N2O3S2. The molecule has 2 heterocycles. The smallest absolute Gasteiger partial charge is 0.332 e. The molecule has 0 fully saturated rings. The van der Waals surface area contributed by atoms with Gasteiger partial charge in [0.15, 0.2) is 0 Å². The number of para-hydroxylation sites is 1. The van der Waals surface area contributed by atoms with Crippen molar-refractivity contribution < 1.29 is 26.4 Å². The Bertz CT molecular complexity index is 1430. The van der Waals surface area contributed by atoms with E-state index in [0.717, 1.165) is 23.5 Å². The molecule has 0 spiro atoms. The third-order valence-corrected chi connectivity index (χ3v) is 7.73. The van der Waals surface area contributed by atoms with Gasteiger partial charge in [0.25, 0.3) is 15.9 Å². The number of benzene rings is 2. The summed E-state index contributed by atoms with van der Waals surface area (Å²) >= 11 is 6.59. The predicted molar refractivity (Wildman–Crippen MR) is 116 cm³/mol. The Morgan fingerprint density at radius 2 is 1.78 bits per heavy atom. The van der Waals surface area contributed by atoms with E-state index in [1.54, 1.807) is 24.3 Å². The minimum absolute atomic E-state index is 0.00478. The number of amides is 1. The molecule has 0 aliphatic heterocycles. The first-order chi connectivity index (χ1) is 15.0. The molecule has 1 amide bonds. The molecule has 0 saturated carbocycles. The quantitative estimate of drug-likeness (QED) is 0.393. The second kappa shape index (κ2) is 8.27. The molecule has 0 unspecified atom stereocenters. The van der Waals surface area contributed by atoms with Gasteiger partial charge < -0.3 is 4.57 Å². The van der Waals surface area contributed by atoms with Crippen molar-refractivity contribution in [2.45, 2.75) is 16.9 Å². The van der Waals surface area contributed by atoms with Gasteiger partial charge in [0, 0.05) is 17.4 Å². The monoisotopic (exact) mass is 498 g/mol. The highest BCUT2D eigenvalue weighted by atomic mass is 35.5. The molecule has 5 nitrogen and oxygen atoms in total. The summed E-state index contributed by atoms with van der Waals surface area (Å²) in [6.45, 7) is -0.0644. The number of nitrogens with one attached hydrogen (secondary N) is 1. The third kappa shape index (κ3) is 4.52. The highest BCUT2D eigenvalue weighted by Gasteiger charge is 2.30. The maximum absolute atomic E-state index is 13.1. The van der Waals surface area contributed by atoms with Gasteiger partial charge in [-0.1, -0.05) is 41.9 Å². The molecule has 32 heavy (non-hydrogen) atoms. The molecule has 2 aromatic carbocycles. The van der Waals surface area contributed by atoms with Crippen LogP contribution in [-0.2, 0) is 22.7 Å². The Hall–Kier alpha value is -2.82. The molecule has 0 atom stereocenters. The summed E-state index contributed by atoms with van der Waals surface area (Å²) in [4.78, 5) is 12.9. The van der Waals surface area contributed by atoms with Crippen LogP contribution in [-0.4, -0.2) is 18.9 Å². The number of nitrogens with zero attached hydrogens (tertiary/aromatic N) is 1. The number of aromatic nitrogens is 1. The first-order valence-corrected chi connectivity index (χ1v) is 11.8. The summed E-state index contributed by atoms with van der Waals surface area (Å²) < 4.78 is 68.0. The van der Waals surface area contributed by atoms with Gasteiger partial charge in [0.2, 0.25) is 0 Å². The van der Waals surface area contributed by atoms with Crippen LogP contribution in [0.3, 0.4) is 0 Å². The predicted octanol–water partition coefficient (Wildman–Crippen LogP) is 5.54. The number of fused-ring (bicyclic) bond motifs is 1. The van der Waals surface area contributed by atoms with Crippen molar-refractivity contribution in [1.29, 1.82) is 0 Å². The van der Waals surface area contributed by atoms with Crippen LogP contribution in [0.25, 0.3) is 10.9 Å². The van der Waals surface area contributed by atoms with Gasteiger partial charge in [-0.3, -0.25) is 4.79 Å². The van der Waals surface area contributed by atoms with Crippen LogP contribution in [0.1, 0.15) is 21.6 Å². The fourth-order valence-electron chi connectivity index (χ4n) is 3.26. The molecule has 2 aromatic heterocycles. The Kier molecular flexibility index (Phi) is 5.78. The van der Waals surface area contributed by atoms with Gasteiger partial charge in [0.1, 0.15) is 9.90 Å². The van der Waals surface area contributed by atoms with E-state index in [1.165, 1.54) is 34.9 Å². The number of sulfonamides is 1. The zero-order valence-electron chi connectivity index (χ0n) is 16.1. The van der Waals surface area contributed by atoms with E-state index in [4.69, 9.17) is 11.6 Å². The lowest BCUT2D eigenvalue weighted by molar-refractivity contribution is -0.137. The van der Waals surface area contributed by atoms with Crippen molar-refractivity contribution in [2.24, 2.45) is 0 Å². The number of hydrogen-bond acceptors (Lipinski definition) is 4. The van der Waals surface area contributed by atoms with Gasteiger partial charge in [0.05, 0.1) is 9.90 Å². The minimum Gasteiger partial charge on any atom is -0.332 e. The molecule has 0 saturated heterocycles. The van der Waals surface area contributed by atoms with Crippen LogP contribution in [0.4, 0.5) is 13.2 Å². The lowest BCUT2D eigenvalue weighted by Crippen LogP contribution is -2.31. The average molecular weight is 499 g/mol. The van der Waals surface area contributed by atoms with Crippen molar-refractivity contribution >= 4 is 49.8 Å². The number of rotatable bonds is 5. The van der Waals surface area contributed by atoms with E-state index in [0.29, 0.717) is 16.5 Å². The number of carbonyl (C=O) groups excluding carboxylic acids is 1. The van der Waals surface area contributed by atoms with Gasteiger partial charge in [-0.15, -0.1) is 11.3 Å². The summed E-state index contributed by atoms with van der Waals surface area (Å²) in [5.74, 6) is -0.905. The van der Waals surface area contributed by atoms with E-state index in [1.807, 2.05) is 4.72 Å². The highest BCUT2D eigenvalue weighted by molar-refractivity contribution is 7.92. The van der Waals surface area contributed by atoms with E-state index < -0.39 is 27.7 Å². The van der Waals surface area contributed by atoms with Crippen LogP contribution < -0.4 is 4.72 Å². The Morgan fingerprint density at radius 3 is 2.47 bits per heavy atom. The summed E-state index contributed by atoms with van der Waals surface area (Å²) in [6.07, 6.45) is -4.51.